The molecule has 2 heteroatoms. The van der Waals surface area contributed by atoms with Crippen LogP contribution in [0.2, 0.25) is 0 Å². The average molecular weight is 265 g/mol. The summed E-state index contributed by atoms with van der Waals surface area (Å²) in [5.41, 5.74) is 0. The molecule has 1 saturated heterocycles. The molecule has 0 aromatic heterocycles. The smallest absolute Gasteiger partial charge is 0.00675 e. The second-order valence-corrected chi connectivity index (χ2v) is 5.94. The van der Waals surface area contributed by atoms with E-state index in [1.807, 2.05) is 25.6 Å². The van der Waals surface area contributed by atoms with Gasteiger partial charge in [0.1, 0.15) is 0 Å². The van der Waals surface area contributed by atoms with Crippen molar-refractivity contribution < 1.29 is 0 Å². The predicted octanol–water partition coefficient (Wildman–Crippen LogP) is 5.86. The molecule has 0 N–H and O–H groups in total. The highest BCUT2D eigenvalue weighted by Gasteiger charge is 1.95. The van der Waals surface area contributed by atoms with Gasteiger partial charge in [-0.2, -0.15) is 23.5 Å². The van der Waals surface area contributed by atoms with Crippen LogP contribution in [-0.4, -0.2) is 23.5 Å². The molecule has 0 radical (unpaired) electrons. The van der Waals surface area contributed by atoms with Gasteiger partial charge >= 0.3 is 0 Å². The van der Waals surface area contributed by atoms with Crippen molar-refractivity contribution in [3.05, 3.63) is 0 Å². The van der Waals surface area contributed by atoms with E-state index in [2.05, 4.69) is 24.9 Å². The first kappa shape index (κ1) is 19.0. The van der Waals surface area contributed by atoms with Crippen molar-refractivity contribution in [2.45, 2.75) is 65.7 Å². The Morgan fingerprint density at radius 2 is 1.50 bits per heavy atom. The molecule has 0 aromatic carbocycles. The van der Waals surface area contributed by atoms with E-state index in [0.717, 1.165) is 0 Å². The molecule has 16 heavy (non-hydrogen) atoms. The Hall–Kier alpha value is 0.700. The van der Waals surface area contributed by atoms with Crippen molar-refractivity contribution in [3.8, 4) is 0 Å². The summed E-state index contributed by atoms with van der Waals surface area (Å²) in [5.74, 6) is 4.17. The first-order valence-corrected chi connectivity index (χ1v) is 9.53. The predicted molar refractivity (Wildman–Crippen MR) is 85.0 cm³/mol. The molecule has 0 aromatic rings. The highest BCUT2D eigenvalue weighted by molar-refractivity contribution is 7.99. The Bertz CT molecular complexity index is 71.1. The molecule has 0 atom stereocenters. The Balaban J connectivity index is 0. The van der Waals surface area contributed by atoms with Gasteiger partial charge in [0, 0.05) is 0 Å². The van der Waals surface area contributed by atoms with Gasteiger partial charge in [0.25, 0.3) is 0 Å². The molecule has 1 fully saturated rings. The van der Waals surface area contributed by atoms with Crippen LogP contribution >= 0.6 is 23.5 Å². The summed E-state index contributed by atoms with van der Waals surface area (Å²) in [6, 6.07) is 0. The maximum Gasteiger partial charge on any atom is -0.00675 e. The number of unbranched alkanes of at least 4 members (excludes halogenated alkanes) is 2. The second kappa shape index (κ2) is 21.0. The lowest BCUT2D eigenvalue weighted by molar-refractivity contribution is 0.726. The third kappa shape index (κ3) is 20.2. The van der Waals surface area contributed by atoms with Crippen LogP contribution in [0.25, 0.3) is 0 Å². The average Bonchev–Trinajstić information content (AvgIpc) is 2.65. The van der Waals surface area contributed by atoms with E-state index >= 15 is 0 Å². The van der Waals surface area contributed by atoms with Crippen LogP contribution in [0.1, 0.15) is 65.7 Å². The summed E-state index contributed by atoms with van der Waals surface area (Å²) in [6.45, 7) is 6.24. The van der Waals surface area contributed by atoms with E-state index in [4.69, 9.17) is 0 Å². The summed E-state index contributed by atoms with van der Waals surface area (Å²) in [6.07, 6.45) is 12.2. The summed E-state index contributed by atoms with van der Waals surface area (Å²) >= 11 is 4.06. The van der Waals surface area contributed by atoms with E-state index in [1.165, 1.54) is 62.2 Å². The van der Waals surface area contributed by atoms with Gasteiger partial charge in [-0.25, -0.2) is 0 Å². The lowest BCUT2D eigenvalue weighted by Gasteiger charge is -1.90. The Morgan fingerprint density at radius 3 is 1.94 bits per heavy atom. The lowest BCUT2D eigenvalue weighted by atomic mass is 10.2. The molecule has 0 nitrogen and oxygen atoms in total. The Morgan fingerprint density at radius 1 is 0.938 bits per heavy atom. The van der Waals surface area contributed by atoms with Crippen LogP contribution in [0.5, 0.6) is 0 Å². The molecule has 1 aliphatic heterocycles. The van der Waals surface area contributed by atoms with Gasteiger partial charge in [-0.1, -0.05) is 46.5 Å². The van der Waals surface area contributed by atoms with Crippen LogP contribution in [-0.2, 0) is 0 Å². The van der Waals surface area contributed by atoms with Crippen molar-refractivity contribution in [2.24, 2.45) is 0 Å². The second-order valence-electron chi connectivity index (χ2n) is 3.73. The fraction of sp³-hybridized carbons (Fsp3) is 1.00. The van der Waals surface area contributed by atoms with Gasteiger partial charge in [-0.3, -0.25) is 0 Å². The van der Waals surface area contributed by atoms with Gasteiger partial charge in [-0.15, -0.1) is 0 Å². The molecular weight excluding hydrogens is 232 g/mol. The van der Waals surface area contributed by atoms with Crippen molar-refractivity contribution in [3.63, 3.8) is 0 Å². The van der Waals surface area contributed by atoms with Crippen molar-refractivity contribution in [1.29, 1.82) is 0 Å². The monoisotopic (exact) mass is 264 g/mol. The molecule has 0 aliphatic carbocycles. The van der Waals surface area contributed by atoms with E-state index in [9.17, 15) is 0 Å². The van der Waals surface area contributed by atoms with Gasteiger partial charge in [0.2, 0.25) is 0 Å². The van der Waals surface area contributed by atoms with E-state index in [-0.39, 0.29) is 0 Å². The topological polar surface area (TPSA) is 0 Å². The highest BCUT2D eigenvalue weighted by Crippen LogP contribution is 2.15. The van der Waals surface area contributed by atoms with Gasteiger partial charge in [0.15, 0.2) is 0 Å². The van der Waals surface area contributed by atoms with Crippen molar-refractivity contribution in [1.82, 2.24) is 0 Å². The molecule has 0 unspecified atom stereocenters. The minimum Gasteiger partial charge on any atom is -0.165 e. The number of hydrogen-bond donors (Lipinski definition) is 0. The zero-order valence-corrected chi connectivity index (χ0v) is 13.5. The largest absolute Gasteiger partial charge is 0.165 e. The van der Waals surface area contributed by atoms with Crippen LogP contribution in [0, 0.1) is 0 Å². The quantitative estimate of drug-likeness (QED) is 0.583. The van der Waals surface area contributed by atoms with E-state index in [0.29, 0.717) is 0 Å². The Labute approximate surface area is 113 Å². The molecule has 1 rings (SSSR count). The van der Waals surface area contributed by atoms with Crippen LogP contribution < -0.4 is 0 Å². The highest BCUT2D eigenvalue weighted by atomic mass is 32.2. The number of thioether (sulfide) groups is 2. The number of rotatable bonds is 4. The molecule has 100 valence electrons. The third-order valence-electron chi connectivity index (χ3n) is 2.28. The third-order valence-corrected chi connectivity index (χ3v) is 4.13. The van der Waals surface area contributed by atoms with E-state index in [1.54, 1.807) is 0 Å². The molecule has 1 aliphatic rings. The summed E-state index contributed by atoms with van der Waals surface area (Å²) < 4.78 is 0. The fourth-order valence-corrected chi connectivity index (χ4v) is 2.87. The van der Waals surface area contributed by atoms with E-state index < -0.39 is 0 Å². The normalized spacial score (nSPS) is 15.0. The SMILES string of the molecule is C1CCCSCC1.CC.CCCCCSC. The van der Waals surface area contributed by atoms with Gasteiger partial charge < -0.3 is 0 Å². The minimum absolute atomic E-state index is 1.34. The number of hydrogen-bond acceptors (Lipinski definition) is 2. The molecule has 0 spiro atoms. The Kier molecular flexibility index (Phi) is 25.0. The van der Waals surface area contributed by atoms with Crippen LogP contribution in [0.4, 0.5) is 0 Å². The molecule has 0 amide bonds. The maximum atomic E-state index is 2.24. The first-order valence-electron chi connectivity index (χ1n) is 6.98. The molecule has 0 saturated carbocycles. The first-order chi connectivity index (χ1) is 7.91. The summed E-state index contributed by atoms with van der Waals surface area (Å²) in [7, 11) is 0. The van der Waals surface area contributed by atoms with Crippen LogP contribution in [0.15, 0.2) is 0 Å². The standard InChI is InChI=1S/C6H12S.C6H14S.C2H6/c1-2-4-6-7-5-3-1;1-3-4-5-6-7-2;1-2/h1-6H2;3-6H2,1-2H3;1-2H3. The zero-order chi connectivity index (χ0) is 12.5. The van der Waals surface area contributed by atoms with Crippen molar-refractivity contribution >= 4 is 23.5 Å². The molecular formula is C14H32S2. The maximum absolute atomic E-state index is 2.24. The minimum atomic E-state index is 1.34. The molecule has 0 bridgehead atoms. The fourth-order valence-electron chi connectivity index (χ4n) is 1.36. The van der Waals surface area contributed by atoms with Gasteiger partial charge in [-0.05, 0) is 42.8 Å². The van der Waals surface area contributed by atoms with Gasteiger partial charge in [0.05, 0.1) is 0 Å². The summed E-state index contributed by atoms with van der Waals surface area (Å²) in [5, 5.41) is 0. The lowest BCUT2D eigenvalue weighted by Crippen LogP contribution is -1.75. The zero-order valence-electron chi connectivity index (χ0n) is 11.9. The summed E-state index contributed by atoms with van der Waals surface area (Å²) in [4.78, 5) is 0. The van der Waals surface area contributed by atoms with Crippen LogP contribution in [0.3, 0.4) is 0 Å². The van der Waals surface area contributed by atoms with Crippen molar-refractivity contribution in [2.75, 3.05) is 23.5 Å². The molecule has 1 heterocycles.